The average Bonchev–Trinajstić information content (AvgIpc) is 2.86. The number of rotatable bonds is 6. The molecule has 0 bridgehead atoms. The second kappa shape index (κ2) is 10.1. The van der Waals surface area contributed by atoms with Gasteiger partial charge in [-0.05, 0) is 54.6 Å². The van der Waals surface area contributed by atoms with Crippen molar-refractivity contribution in [1.29, 1.82) is 0 Å². The van der Waals surface area contributed by atoms with Gasteiger partial charge in [0, 0.05) is 22.3 Å². The molecule has 0 aliphatic rings. The van der Waals surface area contributed by atoms with Crippen molar-refractivity contribution >= 4 is 17.5 Å². The van der Waals surface area contributed by atoms with Crippen LogP contribution in [0.2, 0.25) is 0 Å². The highest BCUT2D eigenvalue weighted by Crippen LogP contribution is 2.28. The smallest absolute Gasteiger partial charge is 0.337 e. The van der Waals surface area contributed by atoms with E-state index >= 15 is 0 Å². The van der Waals surface area contributed by atoms with Crippen LogP contribution in [0.1, 0.15) is 42.2 Å². The molecule has 160 valence electrons. The lowest BCUT2D eigenvalue weighted by Crippen LogP contribution is -2.16. The summed E-state index contributed by atoms with van der Waals surface area (Å²) in [7, 11) is 4.26. The van der Waals surface area contributed by atoms with Crippen LogP contribution >= 0.6 is 0 Å². The van der Waals surface area contributed by atoms with Crippen molar-refractivity contribution in [2.45, 2.75) is 0 Å². The van der Waals surface area contributed by atoms with Gasteiger partial charge >= 0.3 is 5.97 Å². The van der Waals surface area contributed by atoms with Crippen molar-refractivity contribution < 1.29 is 28.6 Å². The first kappa shape index (κ1) is 22.3. The minimum Gasteiger partial charge on any atom is -0.493 e. The minimum absolute atomic E-state index is 0.189. The quantitative estimate of drug-likeness (QED) is 0.256. The van der Waals surface area contributed by atoms with Crippen LogP contribution in [0.25, 0.3) is 0 Å². The zero-order valence-corrected chi connectivity index (χ0v) is 17.8. The molecule has 0 atom stereocenters. The minimum atomic E-state index is -0.678. The Labute approximate surface area is 185 Å². The van der Waals surface area contributed by atoms with Crippen molar-refractivity contribution in [3.63, 3.8) is 0 Å². The highest BCUT2D eigenvalue weighted by Gasteiger charge is 2.22. The first-order valence-electron chi connectivity index (χ1n) is 9.59. The van der Waals surface area contributed by atoms with Crippen LogP contribution in [0.4, 0.5) is 0 Å². The molecule has 0 amide bonds. The van der Waals surface area contributed by atoms with Gasteiger partial charge in [-0.15, -0.1) is 0 Å². The van der Waals surface area contributed by atoms with Gasteiger partial charge in [-0.3, -0.25) is 9.59 Å². The zero-order chi connectivity index (χ0) is 23.1. The molecule has 0 N–H and O–H groups in total. The summed E-state index contributed by atoms with van der Waals surface area (Å²) in [6, 6.07) is 17.8. The molecule has 0 aromatic heterocycles. The summed E-state index contributed by atoms with van der Waals surface area (Å²) in [6.45, 7) is 0. The van der Waals surface area contributed by atoms with Gasteiger partial charge in [0.2, 0.25) is 11.6 Å². The van der Waals surface area contributed by atoms with E-state index in [1.54, 1.807) is 54.6 Å². The molecule has 0 unspecified atom stereocenters. The van der Waals surface area contributed by atoms with Crippen molar-refractivity contribution in [3.05, 3.63) is 94.5 Å². The maximum Gasteiger partial charge on any atom is 0.337 e. The number of benzene rings is 3. The Morgan fingerprint density at radius 3 is 2.00 bits per heavy atom. The molecule has 0 saturated heterocycles. The Bertz CT molecular complexity index is 1230. The zero-order valence-electron chi connectivity index (χ0n) is 17.8. The average molecular weight is 428 g/mol. The third-order valence-electron chi connectivity index (χ3n) is 4.67. The SMILES string of the molecule is COC(=O)c1ccc(C#Cc2ccccc2C(=O)C(=O)c2ccc(OC)c(OC)c2)cc1. The number of methoxy groups -OCH3 is 3. The van der Waals surface area contributed by atoms with Crippen molar-refractivity contribution in [2.75, 3.05) is 21.3 Å². The molecule has 0 heterocycles. The van der Waals surface area contributed by atoms with E-state index in [9.17, 15) is 14.4 Å². The molecule has 32 heavy (non-hydrogen) atoms. The lowest BCUT2D eigenvalue weighted by atomic mass is 9.97. The van der Waals surface area contributed by atoms with Crippen LogP contribution in [-0.2, 0) is 4.74 Å². The predicted molar refractivity (Wildman–Crippen MR) is 118 cm³/mol. The van der Waals surface area contributed by atoms with Crippen LogP contribution in [0.5, 0.6) is 11.5 Å². The van der Waals surface area contributed by atoms with Gasteiger partial charge in [-0.2, -0.15) is 0 Å². The van der Waals surface area contributed by atoms with Crippen LogP contribution in [0.15, 0.2) is 66.7 Å². The third-order valence-corrected chi connectivity index (χ3v) is 4.67. The normalized spacial score (nSPS) is 9.84. The van der Waals surface area contributed by atoms with E-state index < -0.39 is 17.5 Å². The number of esters is 1. The van der Waals surface area contributed by atoms with Crippen molar-refractivity contribution in [1.82, 2.24) is 0 Å². The van der Waals surface area contributed by atoms with Crippen LogP contribution in [0, 0.1) is 11.8 Å². The number of ether oxygens (including phenoxy) is 3. The van der Waals surface area contributed by atoms with Gasteiger partial charge in [0.1, 0.15) is 0 Å². The van der Waals surface area contributed by atoms with Gasteiger partial charge in [0.25, 0.3) is 0 Å². The van der Waals surface area contributed by atoms with E-state index in [4.69, 9.17) is 9.47 Å². The Morgan fingerprint density at radius 1 is 0.688 bits per heavy atom. The van der Waals surface area contributed by atoms with E-state index in [1.807, 2.05) is 0 Å². The van der Waals surface area contributed by atoms with Crippen molar-refractivity contribution in [2.24, 2.45) is 0 Å². The van der Waals surface area contributed by atoms with Gasteiger partial charge in [0.15, 0.2) is 11.5 Å². The summed E-state index contributed by atoms with van der Waals surface area (Å²) in [5.74, 6) is 4.91. The van der Waals surface area contributed by atoms with Crippen LogP contribution in [-0.4, -0.2) is 38.9 Å². The summed E-state index contributed by atoms with van der Waals surface area (Å²) < 4.78 is 15.1. The Hall–Kier alpha value is -4.37. The fraction of sp³-hybridized carbons (Fsp3) is 0.115. The molecule has 0 spiro atoms. The van der Waals surface area contributed by atoms with Gasteiger partial charge < -0.3 is 14.2 Å². The fourth-order valence-electron chi connectivity index (χ4n) is 2.97. The molecular weight excluding hydrogens is 408 g/mol. The van der Waals surface area contributed by atoms with E-state index in [1.165, 1.54) is 33.5 Å². The molecule has 3 aromatic carbocycles. The second-order valence-electron chi connectivity index (χ2n) is 6.59. The molecule has 0 fully saturated rings. The van der Waals surface area contributed by atoms with E-state index in [0.29, 0.717) is 28.2 Å². The van der Waals surface area contributed by atoms with E-state index in [2.05, 4.69) is 16.6 Å². The lowest BCUT2D eigenvalue weighted by molar-refractivity contribution is 0.0600. The molecule has 0 saturated carbocycles. The van der Waals surface area contributed by atoms with E-state index in [0.717, 1.165) is 0 Å². The molecule has 3 rings (SSSR count). The second-order valence-corrected chi connectivity index (χ2v) is 6.59. The summed E-state index contributed by atoms with van der Waals surface area (Å²) in [5.41, 5.74) is 1.86. The highest BCUT2D eigenvalue weighted by molar-refractivity contribution is 6.49. The summed E-state index contributed by atoms with van der Waals surface area (Å²) in [5, 5.41) is 0. The van der Waals surface area contributed by atoms with Gasteiger partial charge in [-0.1, -0.05) is 24.0 Å². The highest BCUT2D eigenvalue weighted by atomic mass is 16.5. The predicted octanol–water partition coefficient (Wildman–Crippen LogP) is 3.96. The third kappa shape index (κ3) is 4.85. The van der Waals surface area contributed by atoms with Crippen molar-refractivity contribution in [3.8, 4) is 23.3 Å². The molecule has 6 heteroatoms. The first-order chi connectivity index (χ1) is 15.5. The maximum absolute atomic E-state index is 12.9. The fourth-order valence-corrected chi connectivity index (χ4v) is 2.97. The number of ketones is 2. The summed E-state index contributed by atoms with van der Waals surface area (Å²) in [4.78, 5) is 37.3. The van der Waals surface area contributed by atoms with Crippen LogP contribution in [0.3, 0.4) is 0 Å². The number of carbonyl (C=O) groups excluding carboxylic acids is 3. The molecular formula is C26H20O6. The monoisotopic (exact) mass is 428 g/mol. The topological polar surface area (TPSA) is 78.9 Å². The summed E-state index contributed by atoms with van der Waals surface area (Å²) in [6.07, 6.45) is 0. The molecule has 3 aromatic rings. The molecule has 0 radical (unpaired) electrons. The molecule has 0 aliphatic carbocycles. The standard InChI is InChI=1S/C26H20O6/c1-30-22-15-14-20(16-23(22)31-2)24(27)25(28)21-7-5-4-6-18(21)11-8-17-9-12-19(13-10-17)26(29)32-3/h4-7,9-10,12-16H,1-3H3. The number of carbonyl (C=O) groups is 3. The number of hydrogen-bond donors (Lipinski definition) is 0. The summed E-state index contributed by atoms with van der Waals surface area (Å²) >= 11 is 0. The van der Waals surface area contributed by atoms with Crippen LogP contribution < -0.4 is 9.47 Å². The maximum atomic E-state index is 12.9. The number of hydrogen-bond acceptors (Lipinski definition) is 6. The Morgan fingerprint density at radius 2 is 1.34 bits per heavy atom. The first-order valence-corrected chi connectivity index (χ1v) is 9.59. The largest absolute Gasteiger partial charge is 0.493 e. The number of Topliss-reactive ketones (excluding diaryl/α,β-unsaturated/α-hetero) is 2. The molecule has 0 aliphatic heterocycles. The Kier molecular flexibility index (Phi) is 7.04. The lowest BCUT2D eigenvalue weighted by Gasteiger charge is -2.09. The van der Waals surface area contributed by atoms with Gasteiger partial charge in [0.05, 0.1) is 26.9 Å². The molecule has 6 nitrogen and oxygen atoms in total. The van der Waals surface area contributed by atoms with E-state index in [-0.39, 0.29) is 11.1 Å². The Balaban J connectivity index is 1.88. The van der Waals surface area contributed by atoms with Gasteiger partial charge in [-0.25, -0.2) is 4.79 Å².